The molecule has 1 aliphatic heterocycles. The molecule has 1 aliphatic carbocycles. The molecular formula is C21H20ClNO3. The molecule has 1 fully saturated rings. The Hall–Kier alpha value is -2.33. The van der Waals surface area contributed by atoms with E-state index in [4.69, 9.17) is 11.6 Å². The van der Waals surface area contributed by atoms with Crippen LogP contribution in [0.1, 0.15) is 36.3 Å². The second-order valence-electron chi connectivity index (χ2n) is 7.12. The Kier molecular flexibility index (Phi) is 4.45. The molecule has 2 atom stereocenters. The first kappa shape index (κ1) is 17.1. The number of nitrogens with zero attached hydrogens (tertiary/aromatic N) is 1. The molecule has 0 saturated carbocycles. The molecule has 1 amide bonds. The van der Waals surface area contributed by atoms with Gasteiger partial charge in [0.2, 0.25) is 5.24 Å². The lowest BCUT2D eigenvalue weighted by Gasteiger charge is -2.38. The van der Waals surface area contributed by atoms with Crippen LogP contribution >= 0.6 is 11.6 Å². The lowest BCUT2D eigenvalue weighted by Crippen LogP contribution is -2.47. The van der Waals surface area contributed by atoms with Crippen molar-refractivity contribution in [1.82, 2.24) is 4.90 Å². The van der Waals surface area contributed by atoms with Crippen molar-refractivity contribution in [2.45, 2.75) is 31.2 Å². The van der Waals surface area contributed by atoms with Crippen LogP contribution in [0.25, 0.3) is 11.1 Å². The van der Waals surface area contributed by atoms with Crippen molar-refractivity contribution in [1.29, 1.82) is 0 Å². The number of piperidine rings is 1. The zero-order valence-corrected chi connectivity index (χ0v) is 15.0. The fraction of sp³-hybridized carbons (Fsp3) is 0.333. The van der Waals surface area contributed by atoms with Gasteiger partial charge in [0.05, 0.1) is 0 Å². The number of hydrogen-bond acceptors (Lipinski definition) is 2. The molecule has 5 heteroatoms. The molecule has 2 aromatic carbocycles. The van der Waals surface area contributed by atoms with Crippen molar-refractivity contribution in [3.05, 3.63) is 59.7 Å². The van der Waals surface area contributed by atoms with Crippen molar-refractivity contribution >= 4 is 22.9 Å². The van der Waals surface area contributed by atoms with E-state index in [2.05, 4.69) is 24.3 Å². The van der Waals surface area contributed by atoms with E-state index in [9.17, 15) is 14.7 Å². The van der Waals surface area contributed by atoms with E-state index in [1.165, 1.54) is 27.2 Å². The van der Waals surface area contributed by atoms with Crippen LogP contribution in [-0.2, 0) is 4.79 Å². The predicted molar refractivity (Wildman–Crippen MR) is 100 cm³/mol. The summed E-state index contributed by atoms with van der Waals surface area (Å²) in [4.78, 5) is 24.9. The fourth-order valence-electron chi connectivity index (χ4n) is 4.52. The highest BCUT2D eigenvalue weighted by molar-refractivity contribution is 6.64. The third kappa shape index (κ3) is 2.88. The molecule has 2 unspecified atom stereocenters. The van der Waals surface area contributed by atoms with Gasteiger partial charge in [-0.05, 0) is 53.1 Å². The smallest absolute Gasteiger partial charge is 0.407 e. The minimum absolute atomic E-state index is 0.137. The maximum absolute atomic E-state index is 11.7. The summed E-state index contributed by atoms with van der Waals surface area (Å²) in [5.41, 5.74) is 4.91. The number of fused-ring (bicyclic) bond motifs is 3. The molecule has 0 aromatic heterocycles. The highest BCUT2D eigenvalue weighted by Crippen LogP contribution is 2.47. The Balaban J connectivity index is 1.68. The topological polar surface area (TPSA) is 57.6 Å². The first-order chi connectivity index (χ1) is 12.6. The number of carboxylic acid groups (broad SMARTS) is 1. The molecule has 2 aromatic rings. The molecule has 1 N–H and O–H groups in total. The van der Waals surface area contributed by atoms with Crippen LogP contribution in [0.4, 0.5) is 4.79 Å². The van der Waals surface area contributed by atoms with Gasteiger partial charge < -0.3 is 10.0 Å². The number of carbonyl (C=O) groups excluding carboxylic acids is 1. The largest absolute Gasteiger partial charge is 0.465 e. The zero-order chi connectivity index (χ0) is 18.3. The van der Waals surface area contributed by atoms with Crippen molar-refractivity contribution in [2.24, 2.45) is 5.92 Å². The average molecular weight is 370 g/mol. The quantitative estimate of drug-likeness (QED) is 0.797. The van der Waals surface area contributed by atoms with Crippen molar-refractivity contribution in [3.63, 3.8) is 0 Å². The van der Waals surface area contributed by atoms with Gasteiger partial charge in [-0.15, -0.1) is 0 Å². The van der Waals surface area contributed by atoms with E-state index in [0.717, 1.165) is 0 Å². The molecule has 0 spiro atoms. The summed E-state index contributed by atoms with van der Waals surface area (Å²) in [6.45, 7) is 0.360. The molecular weight excluding hydrogens is 350 g/mol. The normalized spacial score (nSPS) is 22.0. The molecule has 4 rings (SSSR count). The summed E-state index contributed by atoms with van der Waals surface area (Å²) in [5, 5.41) is 9.25. The SMILES string of the molecule is O=C(Cl)C1CCN(C(=O)O)C(CC2c3ccccc3-c3ccccc32)C1. The maximum atomic E-state index is 11.7. The van der Waals surface area contributed by atoms with E-state index in [-0.39, 0.29) is 23.1 Å². The molecule has 26 heavy (non-hydrogen) atoms. The van der Waals surface area contributed by atoms with Crippen molar-refractivity contribution in [2.75, 3.05) is 6.54 Å². The number of rotatable bonds is 3. The first-order valence-electron chi connectivity index (χ1n) is 8.93. The summed E-state index contributed by atoms with van der Waals surface area (Å²) < 4.78 is 0. The highest BCUT2D eigenvalue weighted by atomic mass is 35.5. The Labute approximate surface area is 157 Å². The number of benzene rings is 2. The second-order valence-corrected chi connectivity index (χ2v) is 7.49. The van der Waals surface area contributed by atoms with Gasteiger partial charge in [-0.2, -0.15) is 0 Å². The lowest BCUT2D eigenvalue weighted by molar-refractivity contribution is -0.117. The van der Waals surface area contributed by atoms with Crippen LogP contribution < -0.4 is 0 Å². The zero-order valence-electron chi connectivity index (χ0n) is 14.3. The van der Waals surface area contributed by atoms with E-state index in [1.807, 2.05) is 24.3 Å². The molecule has 4 nitrogen and oxygen atoms in total. The Morgan fingerprint density at radius 2 is 1.62 bits per heavy atom. The third-order valence-electron chi connectivity index (χ3n) is 5.75. The number of likely N-dealkylation sites (tertiary alicyclic amines) is 1. The summed E-state index contributed by atoms with van der Waals surface area (Å²) in [6.07, 6.45) is 0.745. The molecule has 1 saturated heterocycles. The molecule has 1 heterocycles. The summed E-state index contributed by atoms with van der Waals surface area (Å²) in [7, 11) is 0. The lowest BCUT2D eigenvalue weighted by atomic mass is 9.83. The first-order valence-corrected chi connectivity index (χ1v) is 9.31. The maximum Gasteiger partial charge on any atom is 0.407 e. The van der Waals surface area contributed by atoms with E-state index in [0.29, 0.717) is 25.8 Å². The standard InChI is InChI=1S/C21H20ClNO3/c22-20(24)13-9-10-23(21(25)26)14(11-13)12-19-17-7-3-1-5-15(17)16-6-2-4-8-18(16)19/h1-8,13-14,19H,9-12H2,(H,25,26). The number of carbonyl (C=O) groups is 2. The summed E-state index contributed by atoms with van der Waals surface area (Å²) in [6, 6.07) is 16.4. The Bertz CT molecular complexity index is 820. The average Bonchev–Trinajstić information content (AvgIpc) is 2.96. The second kappa shape index (κ2) is 6.76. The fourth-order valence-corrected chi connectivity index (χ4v) is 4.72. The Morgan fingerprint density at radius 3 is 2.15 bits per heavy atom. The molecule has 0 bridgehead atoms. The monoisotopic (exact) mass is 369 g/mol. The van der Waals surface area contributed by atoms with Crippen LogP contribution in [0, 0.1) is 5.92 Å². The van der Waals surface area contributed by atoms with Gasteiger partial charge in [-0.1, -0.05) is 48.5 Å². The van der Waals surface area contributed by atoms with Gasteiger partial charge in [0.15, 0.2) is 0 Å². The van der Waals surface area contributed by atoms with Crippen LogP contribution in [0.15, 0.2) is 48.5 Å². The predicted octanol–water partition coefficient (Wildman–Crippen LogP) is 4.71. The highest BCUT2D eigenvalue weighted by Gasteiger charge is 2.38. The van der Waals surface area contributed by atoms with E-state index >= 15 is 0 Å². The van der Waals surface area contributed by atoms with Crippen LogP contribution in [0.5, 0.6) is 0 Å². The van der Waals surface area contributed by atoms with Crippen LogP contribution in [0.2, 0.25) is 0 Å². The van der Waals surface area contributed by atoms with Gasteiger partial charge in [-0.25, -0.2) is 4.79 Å². The summed E-state index contributed by atoms with van der Waals surface area (Å²) >= 11 is 5.72. The van der Waals surface area contributed by atoms with Gasteiger partial charge >= 0.3 is 6.09 Å². The molecule has 2 aliphatic rings. The minimum Gasteiger partial charge on any atom is -0.465 e. The van der Waals surface area contributed by atoms with Gasteiger partial charge in [-0.3, -0.25) is 4.79 Å². The van der Waals surface area contributed by atoms with Crippen molar-refractivity contribution < 1.29 is 14.7 Å². The van der Waals surface area contributed by atoms with Gasteiger partial charge in [0, 0.05) is 24.4 Å². The molecule has 0 radical (unpaired) electrons. The number of halogens is 1. The van der Waals surface area contributed by atoms with Crippen LogP contribution in [0.3, 0.4) is 0 Å². The molecule has 134 valence electrons. The third-order valence-corrected chi connectivity index (χ3v) is 6.06. The van der Waals surface area contributed by atoms with Crippen molar-refractivity contribution in [3.8, 4) is 11.1 Å². The Morgan fingerprint density at radius 1 is 1.04 bits per heavy atom. The van der Waals surface area contributed by atoms with Gasteiger partial charge in [0.1, 0.15) is 0 Å². The minimum atomic E-state index is -0.921. The number of amides is 1. The van der Waals surface area contributed by atoms with E-state index < -0.39 is 6.09 Å². The van der Waals surface area contributed by atoms with Crippen LogP contribution in [-0.4, -0.2) is 33.9 Å². The summed E-state index contributed by atoms with van der Waals surface area (Å²) in [5.74, 6) is -0.123. The van der Waals surface area contributed by atoms with E-state index in [1.54, 1.807) is 0 Å². The number of hydrogen-bond donors (Lipinski definition) is 1. The van der Waals surface area contributed by atoms with Gasteiger partial charge in [0.25, 0.3) is 0 Å².